The number of carbonyl (C=O) groups is 2. The van der Waals surface area contributed by atoms with E-state index in [-0.39, 0.29) is 18.8 Å². The Balaban J connectivity index is 1.64. The molecule has 146 valence electrons. The van der Waals surface area contributed by atoms with Crippen LogP contribution in [0.5, 0.6) is 5.75 Å². The Hall–Kier alpha value is -3.32. The van der Waals surface area contributed by atoms with Crippen molar-refractivity contribution in [1.82, 2.24) is 5.32 Å². The molecule has 1 atom stereocenters. The maximum atomic E-state index is 12.5. The van der Waals surface area contributed by atoms with Crippen molar-refractivity contribution in [2.45, 2.75) is 19.1 Å². The van der Waals surface area contributed by atoms with Gasteiger partial charge in [-0.1, -0.05) is 30.3 Å². The van der Waals surface area contributed by atoms with E-state index < -0.39 is 17.9 Å². The number of amides is 1. The van der Waals surface area contributed by atoms with E-state index in [0.717, 1.165) is 10.9 Å². The third-order valence-electron chi connectivity index (χ3n) is 4.13. The highest BCUT2D eigenvalue weighted by molar-refractivity contribution is 5.96. The van der Waals surface area contributed by atoms with Crippen LogP contribution >= 0.6 is 0 Å². The number of hydrogen-bond donors (Lipinski definition) is 2. The zero-order valence-corrected chi connectivity index (χ0v) is 15.4. The molecule has 0 saturated carbocycles. The maximum Gasteiger partial charge on any atom is 0.305 e. The van der Waals surface area contributed by atoms with Gasteiger partial charge in [-0.3, -0.25) is 9.59 Å². The highest BCUT2D eigenvalue weighted by Crippen LogP contribution is 2.24. The fraction of sp³-hybridized carbons (Fsp3) is 0.238. The second kappa shape index (κ2) is 9.05. The predicted octanol–water partition coefficient (Wildman–Crippen LogP) is 3.23. The minimum absolute atomic E-state index is 0.0704. The molecule has 0 spiro atoms. The third-order valence-corrected chi connectivity index (χ3v) is 4.13. The van der Waals surface area contributed by atoms with Gasteiger partial charge in [-0.05, 0) is 29.8 Å². The quantitative estimate of drug-likeness (QED) is 0.589. The number of aliphatic carboxylic acids is 1. The molecule has 28 heavy (non-hydrogen) atoms. The number of carbonyl (C=O) groups excluding carboxylic acids is 1. The summed E-state index contributed by atoms with van der Waals surface area (Å²) in [6.45, 7) is 0.401. The molecule has 3 rings (SSSR count). The lowest BCUT2D eigenvalue weighted by atomic mass is 10.2. The van der Waals surface area contributed by atoms with Gasteiger partial charge in [0, 0.05) is 5.39 Å². The average Bonchev–Trinajstić information content (AvgIpc) is 3.11. The molecule has 1 heterocycles. The molecular formula is C21H21NO6. The van der Waals surface area contributed by atoms with Crippen molar-refractivity contribution in [3.63, 3.8) is 0 Å². The van der Waals surface area contributed by atoms with Crippen LogP contribution in [0.2, 0.25) is 0 Å². The Morgan fingerprint density at radius 1 is 1.14 bits per heavy atom. The number of benzene rings is 2. The Morgan fingerprint density at radius 2 is 1.93 bits per heavy atom. The van der Waals surface area contributed by atoms with Crippen LogP contribution in [0.3, 0.4) is 0 Å². The second-order valence-electron chi connectivity index (χ2n) is 6.28. The van der Waals surface area contributed by atoms with Crippen molar-refractivity contribution in [2.24, 2.45) is 0 Å². The largest absolute Gasteiger partial charge is 0.497 e. The summed E-state index contributed by atoms with van der Waals surface area (Å²) >= 11 is 0. The van der Waals surface area contributed by atoms with Gasteiger partial charge < -0.3 is 24.3 Å². The second-order valence-corrected chi connectivity index (χ2v) is 6.28. The first kappa shape index (κ1) is 19.4. The molecule has 7 nitrogen and oxygen atoms in total. The van der Waals surface area contributed by atoms with Gasteiger partial charge in [0.25, 0.3) is 5.91 Å². The van der Waals surface area contributed by atoms with Crippen LogP contribution in [0.4, 0.5) is 0 Å². The van der Waals surface area contributed by atoms with Gasteiger partial charge in [0.15, 0.2) is 5.76 Å². The lowest BCUT2D eigenvalue weighted by molar-refractivity contribution is -0.137. The number of methoxy groups -OCH3 is 1. The molecule has 1 aromatic heterocycles. The van der Waals surface area contributed by atoms with Gasteiger partial charge >= 0.3 is 5.97 Å². The molecule has 0 aliphatic heterocycles. The molecule has 2 N–H and O–H groups in total. The highest BCUT2D eigenvalue weighted by atomic mass is 16.5. The summed E-state index contributed by atoms with van der Waals surface area (Å²) in [6.07, 6.45) is -0.255. The molecule has 0 bridgehead atoms. The minimum Gasteiger partial charge on any atom is -0.497 e. The summed E-state index contributed by atoms with van der Waals surface area (Å²) in [7, 11) is 1.56. The van der Waals surface area contributed by atoms with Crippen molar-refractivity contribution >= 4 is 22.8 Å². The van der Waals surface area contributed by atoms with E-state index in [1.165, 1.54) is 0 Å². The zero-order chi connectivity index (χ0) is 19.9. The monoisotopic (exact) mass is 383 g/mol. The first-order valence-corrected chi connectivity index (χ1v) is 8.77. The number of carboxylic acids is 1. The molecule has 3 aromatic rings. The topological polar surface area (TPSA) is 98.0 Å². The van der Waals surface area contributed by atoms with E-state index in [1.54, 1.807) is 31.4 Å². The highest BCUT2D eigenvalue weighted by Gasteiger charge is 2.20. The van der Waals surface area contributed by atoms with Gasteiger partial charge in [0.2, 0.25) is 0 Å². The van der Waals surface area contributed by atoms with Crippen molar-refractivity contribution in [2.75, 3.05) is 13.7 Å². The predicted molar refractivity (Wildman–Crippen MR) is 102 cm³/mol. The molecule has 0 fully saturated rings. The molecule has 0 aliphatic rings. The van der Waals surface area contributed by atoms with Gasteiger partial charge in [-0.25, -0.2) is 0 Å². The third kappa shape index (κ3) is 5.11. The van der Waals surface area contributed by atoms with Crippen LogP contribution in [0.1, 0.15) is 22.5 Å². The number of carboxylic acid groups (broad SMARTS) is 1. The van der Waals surface area contributed by atoms with E-state index in [4.69, 9.17) is 19.0 Å². The Morgan fingerprint density at radius 3 is 2.64 bits per heavy atom. The summed E-state index contributed by atoms with van der Waals surface area (Å²) in [5.74, 6) is -0.771. The summed E-state index contributed by atoms with van der Waals surface area (Å²) in [5, 5.41) is 12.5. The van der Waals surface area contributed by atoms with Crippen LogP contribution < -0.4 is 10.1 Å². The Kier molecular flexibility index (Phi) is 6.29. The molecule has 0 saturated heterocycles. The van der Waals surface area contributed by atoms with E-state index >= 15 is 0 Å². The SMILES string of the molecule is COc1ccc2oc(C(=O)N[C@@H](COCc3ccccc3)CC(=O)O)cc2c1. The van der Waals surface area contributed by atoms with Gasteiger partial charge in [0.1, 0.15) is 11.3 Å². The standard InChI is InChI=1S/C21H21NO6/c1-26-17-7-8-18-15(9-17)10-19(28-18)21(25)22-16(11-20(23)24)13-27-12-14-5-3-2-4-6-14/h2-10,16H,11-13H2,1H3,(H,22,25)(H,23,24)/t16-/m1/s1. The zero-order valence-electron chi connectivity index (χ0n) is 15.4. The number of rotatable bonds is 9. The molecule has 2 aromatic carbocycles. The van der Waals surface area contributed by atoms with E-state index in [2.05, 4.69) is 5.32 Å². The van der Waals surface area contributed by atoms with Gasteiger partial charge in [-0.15, -0.1) is 0 Å². The minimum atomic E-state index is -1.03. The van der Waals surface area contributed by atoms with Crippen LogP contribution in [-0.2, 0) is 16.1 Å². The van der Waals surface area contributed by atoms with Crippen molar-refractivity contribution in [3.8, 4) is 5.75 Å². The Bertz CT molecular complexity index is 950. The lowest BCUT2D eigenvalue weighted by Crippen LogP contribution is -2.39. The fourth-order valence-electron chi connectivity index (χ4n) is 2.77. The van der Waals surface area contributed by atoms with Crippen molar-refractivity contribution < 1.29 is 28.6 Å². The van der Waals surface area contributed by atoms with Gasteiger partial charge in [0.05, 0.1) is 32.8 Å². The molecule has 0 radical (unpaired) electrons. The molecule has 7 heteroatoms. The average molecular weight is 383 g/mol. The fourth-order valence-corrected chi connectivity index (χ4v) is 2.77. The number of nitrogens with one attached hydrogen (secondary N) is 1. The van der Waals surface area contributed by atoms with Crippen molar-refractivity contribution in [3.05, 3.63) is 65.9 Å². The van der Waals surface area contributed by atoms with E-state index in [1.807, 2.05) is 30.3 Å². The van der Waals surface area contributed by atoms with Crippen LogP contribution in [0, 0.1) is 0 Å². The normalized spacial score (nSPS) is 11.9. The number of furan rings is 1. The maximum absolute atomic E-state index is 12.5. The molecule has 0 unspecified atom stereocenters. The first-order valence-electron chi connectivity index (χ1n) is 8.77. The van der Waals surface area contributed by atoms with Crippen LogP contribution in [-0.4, -0.2) is 36.7 Å². The summed E-state index contributed by atoms with van der Waals surface area (Å²) < 4.78 is 16.3. The van der Waals surface area contributed by atoms with Crippen molar-refractivity contribution in [1.29, 1.82) is 0 Å². The van der Waals surface area contributed by atoms with Crippen LogP contribution in [0.25, 0.3) is 11.0 Å². The lowest BCUT2D eigenvalue weighted by Gasteiger charge is -2.16. The number of hydrogen-bond acceptors (Lipinski definition) is 5. The van der Waals surface area contributed by atoms with E-state index in [0.29, 0.717) is 17.9 Å². The first-order chi connectivity index (χ1) is 13.5. The van der Waals surface area contributed by atoms with E-state index in [9.17, 15) is 9.59 Å². The number of ether oxygens (including phenoxy) is 2. The smallest absolute Gasteiger partial charge is 0.305 e. The Labute approximate surface area is 161 Å². The molecule has 0 aliphatic carbocycles. The van der Waals surface area contributed by atoms with Gasteiger partial charge in [-0.2, -0.15) is 0 Å². The summed E-state index contributed by atoms with van der Waals surface area (Å²) in [5.41, 5.74) is 1.51. The summed E-state index contributed by atoms with van der Waals surface area (Å²) in [4.78, 5) is 23.6. The van der Waals surface area contributed by atoms with Crippen LogP contribution in [0.15, 0.2) is 59.0 Å². The number of fused-ring (bicyclic) bond motifs is 1. The summed E-state index contributed by atoms with van der Waals surface area (Å²) in [6, 6.07) is 15.6. The molecule has 1 amide bonds. The molecular weight excluding hydrogens is 362 g/mol.